The molecule has 0 saturated carbocycles. The van der Waals surface area contributed by atoms with Gasteiger partial charge in [0, 0.05) is 58.2 Å². The summed E-state index contributed by atoms with van der Waals surface area (Å²) in [5.74, 6) is 0. The summed E-state index contributed by atoms with van der Waals surface area (Å²) in [6.07, 6.45) is 13.8. The van der Waals surface area contributed by atoms with Gasteiger partial charge in [-0.05, 0) is 157 Å². The Morgan fingerprint density at radius 2 is 1.00 bits per heavy atom. The highest BCUT2D eigenvalue weighted by Crippen LogP contribution is 2.73. The Morgan fingerprint density at radius 3 is 1.67 bits per heavy atom. The lowest BCUT2D eigenvalue weighted by Gasteiger charge is -2.42. The summed E-state index contributed by atoms with van der Waals surface area (Å²) in [6, 6.07) is 64.4. The maximum absolute atomic E-state index is 2.51. The summed E-state index contributed by atoms with van der Waals surface area (Å²) in [4.78, 5) is 5.28. The molecule has 2 nitrogen and oxygen atoms in total. The van der Waals surface area contributed by atoms with E-state index in [1.165, 1.54) is 97.2 Å². The van der Waals surface area contributed by atoms with E-state index in [9.17, 15) is 0 Å². The molecule has 7 aromatic carbocycles. The normalized spacial score (nSPS) is 15.8. The number of benzene rings is 7. The van der Waals surface area contributed by atoms with Gasteiger partial charge in [-0.3, -0.25) is 0 Å². The third-order valence-corrected chi connectivity index (χ3v) is 17.5. The second-order valence-electron chi connectivity index (χ2n) is 17.1. The van der Waals surface area contributed by atoms with Crippen LogP contribution in [0.4, 0.5) is 0 Å². The highest BCUT2D eigenvalue weighted by atomic mass is 32.3. The molecule has 2 aromatic heterocycles. The second kappa shape index (κ2) is 13.5. The molecular weight excluding hydrogens is 745 g/mol. The molecule has 0 radical (unpaired) electrons. The Bertz CT molecular complexity index is 3210. The third kappa shape index (κ3) is 5.02. The maximum Gasteiger partial charge on any atom is 0.0547 e. The van der Waals surface area contributed by atoms with E-state index in [1.807, 2.05) is 0 Å². The van der Waals surface area contributed by atoms with Gasteiger partial charge >= 0.3 is 0 Å². The van der Waals surface area contributed by atoms with Gasteiger partial charge in [0.2, 0.25) is 0 Å². The molecular formula is C57H46N2S. The molecule has 0 N–H and O–H groups in total. The smallest absolute Gasteiger partial charge is 0.0547 e. The van der Waals surface area contributed by atoms with Crippen molar-refractivity contribution in [1.82, 2.24) is 9.13 Å². The van der Waals surface area contributed by atoms with Crippen LogP contribution in [0.5, 0.6) is 0 Å². The largest absolute Gasteiger partial charge is 0.310 e. The fraction of sp³-hybridized carbons (Fsp3) is 0.123. The number of allylic oxidation sites excluding steroid dienone is 5. The molecule has 0 bridgehead atoms. The van der Waals surface area contributed by atoms with Crippen molar-refractivity contribution < 1.29 is 0 Å². The first kappa shape index (κ1) is 35.4. The van der Waals surface area contributed by atoms with Gasteiger partial charge in [0.15, 0.2) is 0 Å². The molecule has 0 spiro atoms. The number of aryl methyl sites for hydroxylation is 1. The number of para-hydroxylation sites is 2. The lowest BCUT2D eigenvalue weighted by atomic mass is 9.80. The number of rotatable bonds is 6. The minimum Gasteiger partial charge on any atom is -0.310 e. The van der Waals surface area contributed by atoms with Crippen molar-refractivity contribution in [3.8, 4) is 11.4 Å². The van der Waals surface area contributed by atoms with Gasteiger partial charge in [0.05, 0.1) is 16.6 Å². The molecule has 0 aliphatic heterocycles. The fourth-order valence-electron chi connectivity index (χ4n) is 10.9. The summed E-state index contributed by atoms with van der Waals surface area (Å²) in [6.45, 7) is 4.81. The van der Waals surface area contributed by atoms with E-state index in [1.54, 1.807) is 0 Å². The fourth-order valence-corrected chi connectivity index (χ4v) is 14.7. The van der Waals surface area contributed by atoms with Gasteiger partial charge in [-0.15, -0.1) is 10.0 Å². The zero-order valence-corrected chi connectivity index (χ0v) is 34.9. The summed E-state index contributed by atoms with van der Waals surface area (Å²) < 4.78 is 4.97. The number of hydrogen-bond acceptors (Lipinski definition) is 0. The molecule has 2 heterocycles. The highest BCUT2D eigenvalue weighted by molar-refractivity contribution is 8.34. The SMILES string of the molecule is CC1(C)C2=C(CCC=C2)c2cc3c(cc21)c1ccccc1n3-c1ccc(S(c2ccccc2)(c2ccccc2)c2ccc(-n3c4c(c5ccccc53)CCC=C4)cc2)cc1. The monoisotopic (exact) mass is 790 g/mol. The topological polar surface area (TPSA) is 9.86 Å². The van der Waals surface area contributed by atoms with Crippen molar-refractivity contribution in [3.05, 3.63) is 216 Å². The van der Waals surface area contributed by atoms with E-state index >= 15 is 0 Å². The Morgan fingerprint density at radius 1 is 0.467 bits per heavy atom. The summed E-state index contributed by atoms with van der Waals surface area (Å²) in [5.41, 5.74) is 14.8. The maximum atomic E-state index is 2.51. The van der Waals surface area contributed by atoms with Crippen LogP contribution in [0.1, 0.15) is 55.5 Å². The van der Waals surface area contributed by atoms with E-state index in [4.69, 9.17) is 0 Å². The molecule has 0 atom stereocenters. The van der Waals surface area contributed by atoms with Gasteiger partial charge < -0.3 is 9.13 Å². The van der Waals surface area contributed by atoms with Gasteiger partial charge in [-0.2, -0.15) is 0 Å². The molecule has 290 valence electrons. The van der Waals surface area contributed by atoms with Crippen LogP contribution >= 0.6 is 10.0 Å². The molecule has 3 heteroatoms. The molecule has 12 rings (SSSR count). The van der Waals surface area contributed by atoms with Gasteiger partial charge in [-0.1, -0.05) is 105 Å². The zero-order chi connectivity index (χ0) is 40.0. The molecule has 3 aliphatic rings. The zero-order valence-electron chi connectivity index (χ0n) is 34.1. The van der Waals surface area contributed by atoms with E-state index in [0.717, 1.165) is 25.7 Å². The lowest BCUT2D eigenvalue weighted by molar-refractivity contribution is 0.652. The molecule has 0 amide bonds. The van der Waals surface area contributed by atoms with Crippen LogP contribution in [0.25, 0.3) is 55.7 Å². The van der Waals surface area contributed by atoms with E-state index in [2.05, 4.69) is 217 Å². The molecule has 9 aromatic rings. The van der Waals surface area contributed by atoms with Crippen molar-refractivity contribution in [2.75, 3.05) is 0 Å². The summed E-state index contributed by atoms with van der Waals surface area (Å²) in [7, 11) is -1.91. The van der Waals surface area contributed by atoms with Crippen LogP contribution in [-0.4, -0.2) is 9.13 Å². The van der Waals surface area contributed by atoms with E-state index < -0.39 is 10.0 Å². The van der Waals surface area contributed by atoms with E-state index in [0.29, 0.717) is 0 Å². The van der Waals surface area contributed by atoms with Gasteiger partial charge in [0.1, 0.15) is 0 Å². The molecule has 0 unspecified atom stereocenters. The predicted molar refractivity (Wildman–Crippen MR) is 253 cm³/mol. The predicted octanol–water partition coefficient (Wildman–Crippen LogP) is 15.4. The number of nitrogens with zero attached hydrogens (tertiary/aromatic N) is 2. The molecule has 0 saturated heterocycles. The van der Waals surface area contributed by atoms with E-state index in [-0.39, 0.29) is 5.41 Å². The summed E-state index contributed by atoms with van der Waals surface area (Å²) in [5, 5.41) is 3.99. The number of hydrogen-bond donors (Lipinski definition) is 0. The van der Waals surface area contributed by atoms with Crippen molar-refractivity contribution in [3.63, 3.8) is 0 Å². The van der Waals surface area contributed by atoms with Crippen LogP contribution in [-0.2, 0) is 11.8 Å². The third-order valence-electron chi connectivity index (χ3n) is 13.6. The second-order valence-corrected chi connectivity index (χ2v) is 20.2. The van der Waals surface area contributed by atoms with Crippen LogP contribution < -0.4 is 0 Å². The van der Waals surface area contributed by atoms with Crippen molar-refractivity contribution >= 4 is 54.4 Å². The van der Waals surface area contributed by atoms with Crippen LogP contribution in [0.3, 0.4) is 0 Å². The first-order valence-corrected chi connectivity index (χ1v) is 23.1. The summed E-state index contributed by atoms with van der Waals surface area (Å²) >= 11 is 0. The standard InChI is InChI=1S/C57H46N2S/c1-57(2)51-25-13-9-21-45(51)49-38-56-50(37-52(49)57)48-24-12-16-28-55(48)59(56)40-31-35-44(36-32-40)60(41-17-5-3-6-18-41,42-19-7-4-8-20-42)43-33-29-39(30-34-43)58-53-26-14-10-22-46(53)47-23-11-15-27-54(47)58/h3-8,10,12-20,22,24-38H,9,11,21,23H2,1-2H3. The quantitative estimate of drug-likeness (QED) is 0.159. The van der Waals surface area contributed by atoms with Crippen molar-refractivity contribution in [1.29, 1.82) is 0 Å². The Hall–Kier alpha value is -6.55. The minimum atomic E-state index is -1.91. The Labute approximate surface area is 353 Å². The molecule has 60 heavy (non-hydrogen) atoms. The first-order chi connectivity index (χ1) is 29.5. The van der Waals surface area contributed by atoms with Gasteiger partial charge in [-0.25, -0.2) is 0 Å². The van der Waals surface area contributed by atoms with Crippen LogP contribution in [0, 0.1) is 0 Å². The van der Waals surface area contributed by atoms with Crippen molar-refractivity contribution in [2.45, 2.75) is 64.5 Å². The van der Waals surface area contributed by atoms with Crippen LogP contribution in [0.15, 0.2) is 213 Å². The average Bonchev–Trinajstić information content (AvgIpc) is 3.90. The lowest BCUT2D eigenvalue weighted by Crippen LogP contribution is -2.16. The Kier molecular flexibility index (Phi) is 7.96. The molecule has 0 fully saturated rings. The Balaban J connectivity index is 1.05. The molecule has 3 aliphatic carbocycles. The minimum absolute atomic E-state index is 0.00801. The first-order valence-electron chi connectivity index (χ1n) is 21.4. The highest BCUT2D eigenvalue weighted by Gasteiger charge is 2.38. The number of fused-ring (bicyclic) bond motifs is 8. The van der Waals surface area contributed by atoms with Crippen LogP contribution in [0.2, 0.25) is 0 Å². The van der Waals surface area contributed by atoms with Gasteiger partial charge in [0.25, 0.3) is 0 Å². The average molecular weight is 791 g/mol. The van der Waals surface area contributed by atoms with Crippen molar-refractivity contribution in [2.24, 2.45) is 0 Å². The number of aromatic nitrogens is 2.